The molecule has 8 nitrogen and oxygen atoms in total. The quantitative estimate of drug-likeness (QED) is 0.588. The van der Waals surface area contributed by atoms with Gasteiger partial charge in [0.1, 0.15) is 0 Å². The Morgan fingerprint density at radius 2 is 1.97 bits per heavy atom. The molecule has 2 heterocycles. The maximum absolute atomic E-state index is 13.1. The van der Waals surface area contributed by atoms with Crippen LogP contribution >= 0.6 is 0 Å². The van der Waals surface area contributed by atoms with Gasteiger partial charge in [0.25, 0.3) is 15.9 Å². The molecule has 32 heavy (non-hydrogen) atoms. The zero-order chi connectivity index (χ0) is 22.6. The van der Waals surface area contributed by atoms with E-state index in [1.165, 1.54) is 0 Å². The maximum Gasteiger partial charge on any atom is 0.262 e. The van der Waals surface area contributed by atoms with Crippen molar-refractivity contribution in [2.45, 2.75) is 30.8 Å². The standard InChI is InChI=1S/C23H30N4O4S/c1-17-5-2-3-7-22(17)32(29,30)26-18-8-9-21(27-12-10-24-11-13-27)20(15-18)23(28)25-16-19-6-4-14-31-19/h2-3,5,7-9,15,19,24,26H,4,6,10-14,16H2,1H3,(H,25,28)/t19-/m1/s1. The third-order valence-corrected chi connectivity index (χ3v) is 7.39. The van der Waals surface area contributed by atoms with Crippen molar-refractivity contribution < 1.29 is 17.9 Å². The van der Waals surface area contributed by atoms with Crippen LogP contribution in [0.2, 0.25) is 0 Å². The number of carbonyl (C=O) groups is 1. The lowest BCUT2D eigenvalue weighted by atomic mass is 10.1. The number of hydrogen-bond donors (Lipinski definition) is 3. The summed E-state index contributed by atoms with van der Waals surface area (Å²) < 4.78 is 34.1. The molecule has 0 aromatic heterocycles. The van der Waals surface area contributed by atoms with Crippen LogP contribution in [0.3, 0.4) is 0 Å². The number of nitrogens with one attached hydrogen (secondary N) is 3. The fourth-order valence-electron chi connectivity index (χ4n) is 4.14. The SMILES string of the molecule is Cc1ccccc1S(=O)(=O)Nc1ccc(N2CCNCC2)c(C(=O)NC[C@H]2CCCO2)c1. The van der Waals surface area contributed by atoms with Crippen LogP contribution in [0.15, 0.2) is 47.4 Å². The molecule has 1 amide bonds. The highest BCUT2D eigenvalue weighted by Gasteiger charge is 2.23. The van der Waals surface area contributed by atoms with E-state index in [9.17, 15) is 13.2 Å². The summed E-state index contributed by atoms with van der Waals surface area (Å²) in [6.45, 7) is 6.14. The van der Waals surface area contributed by atoms with Gasteiger partial charge in [0.2, 0.25) is 0 Å². The van der Waals surface area contributed by atoms with E-state index in [0.717, 1.165) is 51.3 Å². The summed E-state index contributed by atoms with van der Waals surface area (Å²) in [6.07, 6.45) is 1.97. The van der Waals surface area contributed by atoms with E-state index in [4.69, 9.17) is 4.74 Å². The highest BCUT2D eigenvalue weighted by molar-refractivity contribution is 7.92. The monoisotopic (exact) mass is 458 g/mol. The molecular weight excluding hydrogens is 428 g/mol. The molecule has 9 heteroatoms. The number of sulfonamides is 1. The molecule has 172 valence electrons. The third-order valence-electron chi connectivity index (χ3n) is 5.85. The lowest BCUT2D eigenvalue weighted by molar-refractivity contribution is 0.0858. The van der Waals surface area contributed by atoms with Crippen molar-refractivity contribution in [3.05, 3.63) is 53.6 Å². The number of ether oxygens (including phenoxy) is 1. The topological polar surface area (TPSA) is 99.8 Å². The number of hydrogen-bond acceptors (Lipinski definition) is 6. The van der Waals surface area contributed by atoms with Crippen molar-refractivity contribution in [2.24, 2.45) is 0 Å². The van der Waals surface area contributed by atoms with Gasteiger partial charge in [-0.25, -0.2) is 8.42 Å². The summed E-state index contributed by atoms with van der Waals surface area (Å²) in [7, 11) is -3.77. The van der Waals surface area contributed by atoms with Gasteiger partial charge in [0.05, 0.1) is 16.6 Å². The molecule has 0 bridgehead atoms. The van der Waals surface area contributed by atoms with Gasteiger partial charge in [0.15, 0.2) is 0 Å². The third kappa shape index (κ3) is 5.23. The molecule has 0 unspecified atom stereocenters. The molecule has 2 fully saturated rings. The predicted octanol–water partition coefficient (Wildman–Crippen LogP) is 2.11. The molecule has 2 aliphatic heterocycles. The summed E-state index contributed by atoms with van der Waals surface area (Å²) in [4.78, 5) is 15.5. The van der Waals surface area contributed by atoms with Crippen molar-refractivity contribution in [1.82, 2.24) is 10.6 Å². The van der Waals surface area contributed by atoms with Crippen molar-refractivity contribution >= 4 is 27.3 Å². The molecule has 3 N–H and O–H groups in total. The van der Waals surface area contributed by atoms with E-state index in [1.807, 2.05) is 6.07 Å². The minimum Gasteiger partial charge on any atom is -0.376 e. The Bertz CT molecular complexity index is 1060. The van der Waals surface area contributed by atoms with Gasteiger partial charge in [-0.05, 0) is 49.6 Å². The number of benzene rings is 2. The fourth-order valence-corrected chi connectivity index (χ4v) is 5.43. The fraction of sp³-hybridized carbons (Fsp3) is 0.435. The Kier molecular flexibility index (Phi) is 6.98. The molecular formula is C23H30N4O4S. The Morgan fingerprint density at radius 1 is 1.19 bits per heavy atom. The number of piperazine rings is 1. The smallest absolute Gasteiger partial charge is 0.262 e. The summed E-state index contributed by atoms with van der Waals surface area (Å²) in [5.74, 6) is -0.231. The van der Waals surface area contributed by atoms with Crippen molar-refractivity contribution in [3.63, 3.8) is 0 Å². The first-order chi connectivity index (χ1) is 15.4. The Balaban J connectivity index is 1.60. The summed E-state index contributed by atoms with van der Waals surface area (Å²) in [5, 5.41) is 6.28. The Hall–Kier alpha value is -2.62. The molecule has 2 aromatic carbocycles. The zero-order valence-electron chi connectivity index (χ0n) is 18.3. The number of anilines is 2. The average Bonchev–Trinajstić information content (AvgIpc) is 3.32. The molecule has 1 atom stereocenters. The molecule has 4 rings (SSSR count). The van der Waals surface area contributed by atoms with Crippen LogP contribution in [0.4, 0.5) is 11.4 Å². The van der Waals surface area contributed by atoms with Gasteiger partial charge in [-0.1, -0.05) is 18.2 Å². The molecule has 0 radical (unpaired) electrons. The number of amides is 1. The van der Waals surface area contributed by atoms with Gasteiger partial charge in [-0.3, -0.25) is 9.52 Å². The lowest BCUT2D eigenvalue weighted by Crippen LogP contribution is -2.44. The molecule has 0 spiro atoms. The average molecular weight is 459 g/mol. The number of carbonyl (C=O) groups excluding carboxylic acids is 1. The van der Waals surface area contributed by atoms with Crippen LogP contribution in [-0.2, 0) is 14.8 Å². The van der Waals surface area contributed by atoms with E-state index < -0.39 is 10.0 Å². The van der Waals surface area contributed by atoms with Crippen molar-refractivity contribution in [3.8, 4) is 0 Å². The van der Waals surface area contributed by atoms with Crippen LogP contribution in [0.1, 0.15) is 28.8 Å². The largest absolute Gasteiger partial charge is 0.376 e. The minimum absolute atomic E-state index is 0.0318. The first kappa shape index (κ1) is 22.6. The van der Waals surface area contributed by atoms with E-state index in [2.05, 4.69) is 20.3 Å². The summed E-state index contributed by atoms with van der Waals surface area (Å²) in [5.41, 5.74) is 2.27. The van der Waals surface area contributed by atoms with E-state index in [0.29, 0.717) is 23.4 Å². The van der Waals surface area contributed by atoms with Crippen LogP contribution < -0.4 is 20.3 Å². The first-order valence-electron chi connectivity index (χ1n) is 11.0. The van der Waals surface area contributed by atoms with Gasteiger partial charge < -0.3 is 20.3 Å². The van der Waals surface area contributed by atoms with E-state index >= 15 is 0 Å². The first-order valence-corrected chi connectivity index (χ1v) is 12.5. The predicted molar refractivity (Wildman–Crippen MR) is 125 cm³/mol. The minimum atomic E-state index is -3.77. The van der Waals surface area contributed by atoms with Crippen molar-refractivity contribution in [1.29, 1.82) is 0 Å². The number of nitrogens with zero attached hydrogens (tertiary/aromatic N) is 1. The molecule has 2 saturated heterocycles. The van der Waals surface area contributed by atoms with Gasteiger partial charge in [-0.2, -0.15) is 0 Å². The van der Waals surface area contributed by atoms with Crippen LogP contribution in [-0.4, -0.2) is 59.8 Å². The molecule has 0 aliphatic carbocycles. The van der Waals surface area contributed by atoms with Gasteiger partial charge in [-0.15, -0.1) is 0 Å². The van der Waals surface area contributed by atoms with Gasteiger partial charge in [0, 0.05) is 50.7 Å². The van der Waals surface area contributed by atoms with Gasteiger partial charge >= 0.3 is 0 Å². The normalized spacial score (nSPS) is 19.0. The summed E-state index contributed by atoms with van der Waals surface area (Å²) >= 11 is 0. The van der Waals surface area contributed by atoms with Crippen molar-refractivity contribution in [2.75, 3.05) is 49.0 Å². The molecule has 0 saturated carbocycles. The number of rotatable bonds is 7. The van der Waals surface area contributed by atoms with Crippen LogP contribution in [0.5, 0.6) is 0 Å². The summed E-state index contributed by atoms with van der Waals surface area (Å²) in [6, 6.07) is 12.0. The second-order valence-electron chi connectivity index (χ2n) is 8.19. The lowest BCUT2D eigenvalue weighted by Gasteiger charge is -2.31. The van der Waals surface area contributed by atoms with E-state index in [1.54, 1.807) is 43.3 Å². The van der Waals surface area contributed by atoms with Crippen LogP contribution in [0.25, 0.3) is 0 Å². The second kappa shape index (κ2) is 9.89. The Labute approximate surface area is 189 Å². The highest BCUT2D eigenvalue weighted by atomic mass is 32.2. The zero-order valence-corrected chi connectivity index (χ0v) is 19.1. The molecule has 2 aromatic rings. The molecule has 2 aliphatic rings. The number of aryl methyl sites for hydroxylation is 1. The highest BCUT2D eigenvalue weighted by Crippen LogP contribution is 2.27. The Morgan fingerprint density at radius 3 is 2.69 bits per heavy atom. The second-order valence-corrected chi connectivity index (χ2v) is 9.84. The van der Waals surface area contributed by atoms with Crippen LogP contribution in [0, 0.1) is 6.92 Å². The van der Waals surface area contributed by atoms with E-state index in [-0.39, 0.29) is 16.9 Å². The maximum atomic E-state index is 13.1.